The van der Waals surface area contributed by atoms with E-state index in [1.807, 2.05) is 0 Å². The number of fused-ring (bicyclic) bond motifs is 1. The third-order valence-corrected chi connectivity index (χ3v) is 4.40. The summed E-state index contributed by atoms with van der Waals surface area (Å²) in [5.41, 5.74) is 5.79. The number of aromatic nitrogens is 3. The van der Waals surface area contributed by atoms with Crippen molar-refractivity contribution in [1.82, 2.24) is 14.8 Å². The standard InChI is InChI=1S/C13H22N4/c14-8-11-5-6-12-15-16-13(17(12)9-11)7-10-3-1-2-4-10/h10-11H,1-9,14H2. The van der Waals surface area contributed by atoms with Crippen LogP contribution in [0.1, 0.15) is 43.8 Å². The predicted molar refractivity (Wildman–Crippen MR) is 66.5 cm³/mol. The molecule has 1 fully saturated rings. The molecule has 4 nitrogen and oxygen atoms in total. The molecule has 1 aliphatic heterocycles. The summed E-state index contributed by atoms with van der Waals surface area (Å²) in [4.78, 5) is 0. The van der Waals surface area contributed by atoms with Gasteiger partial charge in [-0.1, -0.05) is 25.7 Å². The summed E-state index contributed by atoms with van der Waals surface area (Å²) in [6.45, 7) is 1.83. The van der Waals surface area contributed by atoms with E-state index in [0.29, 0.717) is 5.92 Å². The largest absolute Gasteiger partial charge is 0.330 e. The highest BCUT2D eigenvalue weighted by Crippen LogP contribution is 2.28. The van der Waals surface area contributed by atoms with Crippen LogP contribution in [0.3, 0.4) is 0 Å². The van der Waals surface area contributed by atoms with Crippen LogP contribution in [-0.2, 0) is 19.4 Å². The first kappa shape index (κ1) is 11.2. The average Bonchev–Trinajstić information content (AvgIpc) is 2.99. The zero-order valence-corrected chi connectivity index (χ0v) is 10.4. The van der Waals surface area contributed by atoms with E-state index in [2.05, 4.69) is 14.8 Å². The van der Waals surface area contributed by atoms with Gasteiger partial charge in [-0.05, 0) is 24.8 Å². The summed E-state index contributed by atoms with van der Waals surface area (Å²) >= 11 is 0. The maximum absolute atomic E-state index is 5.79. The Labute approximate surface area is 103 Å². The minimum Gasteiger partial charge on any atom is -0.330 e. The Morgan fingerprint density at radius 2 is 1.94 bits per heavy atom. The van der Waals surface area contributed by atoms with Crippen molar-refractivity contribution >= 4 is 0 Å². The fraction of sp³-hybridized carbons (Fsp3) is 0.846. The Morgan fingerprint density at radius 1 is 1.12 bits per heavy atom. The van der Waals surface area contributed by atoms with E-state index in [4.69, 9.17) is 5.73 Å². The predicted octanol–water partition coefficient (Wildman–Crippen LogP) is 1.53. The molecule has 1 atom stereocenters. The molecule has 1 aliphatic carbocycles. The number of hydrogen-bond acceptors (Lipinski definition) is 3. The lowest BCUT2D eigenvalue weighted by Gasteiger charge is -2.23. The second kappa shape index (κ2) is 4.77. The van der Waals surface area contributed by atoms with Crippen LogP contribution < -0.4 is 5.73 Å². The molecule has 0 radical (unpaired) electrons. The Morgan fingerprint density at radius 3 is 2.71 bits per heavy atom. The van der Waals surface area contributed by atoms with Gasteiger partial charge in [0.15, 0.2) is 0 Å². The number of nitrogens with two attached hydrogens (primary N) is 1. The van der Waals surface area contributed by atoms with Crippen LogP contribution >= 0.6 is 0 Å². The Kier molecular flexibility index (Phi) is 3.14. The van der Waals surface area contributed by atoms with Crippen molar-refractivity contribution in [3.63, 3.8) is 0 Å². The minimum absolute atomic E-state index is 0.626. The van der Waals surface area contributed by atoms with E-state index in [-0.39, 0.29) is 0 Å². The summed E-state index contributed by atoms with van der Waals surface area (Å²) in [7, 11) is 0. The van der Waals surface area contributed by atoms with Gasteiger partial charge in [-0.3, -0.25) is 0 Å². The van der Waals surface area contributed by atoms with E-state index in [1.54, 1.807) is 0 Å². The molecular weight excluding hydrogens is 212 g/mol. The Bertz CT molecular complexity index is 379. The van der Waals surface area contributed by atoms with E-state index in [0.717, 1.165) is 31.8 Å². The van der Waals surface area contributed by atoms with Gasteiger partial charge in [-0.2, -0.15) is 0 Å². The summed E-state index contributed by atoms with van der Waals surface area (Å²) in [6, 6.07) is 0. The van der Waals surface area contributed by atoms with Crippen LogP contribution in [0.25, 0.3) is 0 Å². The lowest BCUT2D eigenvalue weighted by molar-refractivity contribution is 0.361. The average molecular weight is 234 g/mol. The van der Waals surface area contributed by atoms with Gasteiger partial charge < -0.3 is 10.3 Å². The fourth-order valence-corrected chi connectivity index (χ4v) is 3.27. The number of nitrogens with zero attached hydrogens (tertiary/aromatic N) is 3. The van der Waals surface area contributed by atoms with Gasteiger partial charge in [0.1, 0.15) is 11.6 Å². The molecule has 17 heavy (non-hydrogen) atoms. The number of aryl methyl sites for hydroxylation is 1. The zero-order chi connectivity index (χ0) is 11.7. The number of hydrogen-bond donors (Lipinski definition) is 1. The van der Waals surface area contributed by atoms with Crippen molar-refractivity contribution in [2.24, 2.45) is 17.6 Å². The van der Waals surface area contributed by atoms with E-state index in [1.165, 1.54) is 43.8 Å². The highest BCUT2D eigenvalue weighted by atomic mass is 15.3. The van der Waals surface area contributed by atoms with Crippen molar-refractivity contribution in [2.75, 3.05) is 6.54 Å². The molecule has 0 spiro atoms. The lowest BCUT2D eigenvalue weighted by atomic mass is 9.98. The molecule has 1 unspecified atom stereocenters. The van der Waals surface area contributed by atoms with Gasteiger partial charge in [0.05, 0.1) is 0 Å². The molecular formula is C13H22N4. The first-order valence-electron chi connectivity index (χ1n) is 6.98. The molecule has 1 aromatic heterocycles. The van der Waals surface area contributed by atoms with Crippen LogP contribution in [-0.4, -0.2) is 21.3 Å². The molecule has 1 aromatic rings. The first-order valence-corrected chi connectivity index (χ1v) is 6.98. The third-order valence-electron chi connectivity index (χ3n) is 4.40. The van der Waals surface area contributed by atoms with Gasteiger partial charge >= 0.3 is 0 Å². The molecule has 2 aliphatic rings. The van der Waals surface area contributed by atoms with E-state index >= 15 is 0 Å². The summed E-state index contributed by atoms with van der Waals surface area (Å²) in [5, 5.41) is 8.74. The zero-order valence-electron chi connectivity index (χ0n) is 10.4. The molecule has 2 N–H and O–H groups in total. The Balaban J connectivity index is 1.74. The van der Waals surface area contributed by atoms with Crippen molar-refractivity contribution < 1.29 is 0 Å². The highest BCUT2D eigenvalue weighted by Gasteiger charge is 2.24. The molecule has 3 rings (SSSR count). The Hall–Kier alpha value is -0.900. The van der Waals surface area contributed by atoms with Gasteiger partial charge in [0.25, 0.3) is 0 Å². The van der Waals surface area contributed by atoms with Crippen LogP contribution in [0.15, 0.2) is 0 Å². The molecule has 0 amide bonds. The monoisotopic (exact) mass is 234 g/mol. The minimum atomic E-state index is 0.626. The van der Waals surface area contributed by atoms with Crippen LogP contribution in [0, 0.1) is 11.8 Å². The van der Waals surface area contributed by atoms with Crippen molar-refractivity contribution in [3.8, 4) is 0 Å². The molecule has 1 saturated carbocycles. The molecule has 0 saturated heterocycles. The fourth-order valence-electron chi connectivity index (χ4n) is 3.27. The third kappa shape index (κ3) is 2.23. The normalized spacial score (nSPS) is 25.1. The van der Waals surface area contributed by atoms with Crippen LogP contribution in [0.5, 0.6) is 0 Å². The van der Waals surface area contributed by atoms with Gasteiger partial charge in [0, 0.05) is 19.4 Å². The molecule has 2 heterocycles. The van der Waals surface area contributed by atoms with Crippen LogP contribution in [0.2, 0.25) is 0 Å². The van der Waals surface area contributed by atoms with Crippen LogP contribution in [0.4, 0.5) is 0 Å². The maximum Gasteiger partial charge on any atom is 0.133 e. The topological polar surface area (TPSA) is 56.7 Å². The SMILES string of the molecule is NCC1CCc2nnc(CC3CCCC3)n2C1. The molecule has 0 bridgehead atoms. The second-order valence-corrected chi connectivity index (χ2v) is 5.64. The second-order valence-electron chi connectivity index (χ2n) is 5.64. The highest BCUT2D eigenvalue weighted by molar-refractivity contribution is 5.01. The van der Waals surface area contributed by atoms with E-state index < -0.39 is 0 Å². The molecule has 94 valence electrons. The smallest absolute Gasteiger partial charge is 0.133 e. The van der Waals surface area contributed by atoms with Gasteiger partial charge in [-0.15, -0.1) is 10.2 Å². The molecule has 0 aromatic carbocycles. The van der Waals surface area contributed by atoms with E-state index in [9.17, 15) is 0 Å². The van der Waals surface area contributed by atoms with Gasteiger partial charge in [-0.25, -0.2) is 0 Å². The summed E-state index contributed by atoms with van der Waals surface area (Å²) < 4.78 is 2.35. The molecule has 4 heteroatoms. The van der Waals surface area contributed by atoms with Crippen molar-refractivity contribution in [2.45, 2.75) is 51.5 Å². The van der Waals surface area contributed by atoms with Crippen molar-refractivity contribution in [3.05, 3.63) is 11.6 Å². The van der Waals surface area contributed by atoms with Crippen molar-refractivity contribution in [1.29, 1.82) is 0 Å². The summed E-state index contributed by atoms with van der Waals surface area (Å²) in [6.07, 6.45) is 8.92. The maximum atomic E-state index is 5.79. The van der Waals surface area contributed by atoms with Gasteiger partial charge in [0.2, 0.25) is 0 Å². The first-order chi connectivity index (χ1) is 8.36. The lowest BCUT2D eigenvalue weighted by Crippen LogP contribution is -2.27. The number of rotatable bonds is 3. The quantitative estimate of drug-likeness (QED) is 0.863. The summed E-state index contributed by atoms with van der Waals surface area (Å²) in [5.74, 6) is 3.87.